The number of rotatable bonds is 4. The lowest BCUT2D eigenvalue weighted by Gasteiger charge is -2.11. The van der Waals surface area contributed by atoms with Gasteiger partial charge < -0.3 is 21.5 Å². The van der Waals surface area contributed by atoms with Crippen LogP contribution in [0.4, 0.5) is 16.2 Å². The molecule has 2 aromatic rings. The number of urea groups is 1. The molecule has 6 heteroatoms. The molecule has 0 aliphatic heterocycles. The zero-order valence-corrected chi connectivity index (χ0v) is 12.0. The minimum atomic E-state index is -0.415. The van der Waals surface area contributed by atoms with Crippen molar-refractivity contribution >= 4 is 29.0 Å². The maximum Gasteiger partial charge on any atom is 0.323 e. The number of halogens is 1. The van der Waals surface area contributed by atoms with Crippen LogP contribution in [0.5, 0.6) is 0 Å². The number of aliphatic hydroxyl groups excluding tert-OH is 1. The smallest absolute Gasteiger partial charge is 0.323 e. The number of hydrogen-bond donors (Lipinski definition) is 4. The van der Waals surface area contributed by atoms with Crippen molar-refractivity contribution in [3.05, 3.63) is 59.1 Å². The Balaban J connectivity index is 1.94. The summed E-state index contributed by atoms with van der Waals surface area (Å²) in [7, 11) is 0. The SMILES string of the molecule is N[C@H](CO)c1ccc(NC(=O)Nc2ccc(Cl)cc2)cc1. The van der Waals surface area contributed by atoms with Crippen molar-refractivity contribution in [2.75, 3.05) is 17.2 Å². The number of benzene rings is 2. The summed E-state index contributed by atoms with van der Waals surface area (Å²) in [4.78, 5) is 11.8. The first-order chi connectivity index (χ1) is 10.1. The molecule has 0 aliphatic rings. The van der Waals surface area contributed by atoms with Gasteiger partial charge in [0.15, 0.2) is 0 Å². The van der Waals surface area contributed by atoms with Crippen molar-refractivity contribution in [2.45, 2.75) is 6.04 Å². The maximum atomic E-state index is 11.8. The van der Waals surface area contributed by atoms with E-state index >= 15 is 0 Å². The van der Waals surface area contributed by atoms with E-state index < -0.39 is 6.04 Å². The number of nitrogens with one attached hydrogen (secondary N) is 2. The van der Waals surface area contributed by atoms with Gasteiger partial charge in [-0.3, -0.25) is 0 Å². The summed E-state index contributed by atoms with van der Waals surface area (Å²) in [5.74, 6) is 0. The molecule has 0 aromatic heterocycles. The second-order valence-electron chi connectivity index (χ2n) is 4.50. The van der Waals surface area contributed by atoms with Crippen LogP contribution in [0, 0.1) is 0 Å². The van der Waals surface area contributed by atoms with Crippen LogP contribution in [0.2, 0.25) is 5.02 Å². The van der Waals surface area contributed by atoms with Gasteiger partial charge in [0, 0.05) is 16.4 Å². The van der Waals surface area contributed by atoms with Crippen LogP contribution in [0.15, 0.2) is 48.5 Å². The lowest BCUT2D eigenvalue weighted by atomic mass is 10.1. The third-order valence-electron chi connectivity index (χ3n) is 2.90. The summed E-state index contributed by atoms with van der Waals surface area (Å²) >= 11 is 5.77. The van der Waals surface area contributed by atoms with E-state index in [4.69, 9.17) is 22.4 Å². The van der Waals surface area contributed by atoms with E-state index in [0.717, 1.165) is 5.56 Å². The molecule has 0 heterocycles. The largest absolute Gasteiger partial charge is 0.394 e. The summed E-state index contributed by atoms with van der Waals surface area (Å²) in [6, 6.07) is 13.0. The first kappa shape index (κ1) is 15.3. The predicted molar refractivity (Wildman–Crippen MR) is 84.5 cm³/mol. The van der Waals surface area contributed by atoms with E-state index in [-0.39, 0.29) is 12.6 Å². The first-order valence-corrected chi connectivity index (χ1v) is 6.76. The lowest BCUT2D eigenvalue weighted by Crippen LogP contribution is -2.19. The summed E-state index contributed by atoms with van der Waals surface area (Å²) < 4.78 is 0. The molecule has 0 spiro atoms. The molecule has 1 atom stereocenters. The Bertz CT molecular complexity index is 599. The van der Waals surface area contributed by atoms with Gasteiger partial charge in [0.1, 0.15) is 0 Å². The fraction of sp³-hybridized carbons (Fsp3) is 0.133. The fourth-order valence-corrected chi connectivity index (χ4v) is 1.87. The molecule has 2 rings (SSSR count). The summed E-state index contributed by atoms with van der Waals surface area (Å²) in [5, 5.41) is 15.0. The van der Waals surface area contributed by atoms with Crippen molar-refractivity contribution in [3.63, 3.8) is 0 Å². The highest BCUT2D eigenvalue weighted by Crippen LogP contribution is 2.16. The van der Waals surface area contributed by atoms with E-state index in [2.05, 4.69) is 10.6 Å². The molecule has 0 bridgehead atoms. The van der Waals surface area contributed by atoms with E-state index in [1.165, 1.54) is 0 Å². The predicted octanol–water partition coefficient (Wildman–Crippen LogP) is 2.98. The lowest BCUT2D eigenvalue weighted by molar-refractivity contribution is 0.262. The van der Waals surface area contributed by atoms with Crippen molar-refractivity contribution < 1.29 is 9.90 Å². The Morgan fingerprint density at radius 2 is 1.52 bits per heavy atom. The molecular formula is C15H16ClN3O2. The van der Waals surface area contributed by atoms with Crippen molar-refractivity contribution in [2.24, 2.45) is 5.73 Å². The zero-order valence-electron chi connectivity index (χ0n) is 11.2. The van der Waals surface area contributed by atoms with Crippen LogP contribution < -0.4 is 16.4 Å². The normalized spacial score (nSPS) is 11.8. The molecule has 0 fully saturated rings. The summed E-state index contributed by atoms with van der Waals surface area (Å²) in [5.41, 5.74) is 7.79. The molecule has 21 heavy (non-hydrogen) atoms. The average Bonchev–Trinajstić information content (AvgIpc) is 2.49. The molecule has 110 valence electrons. The molecule has 0 saturated heterocycles. The van der Waals surface area contributed by atoms with E-state index in [0.29, 0.717) is 16.4 Å². The average molecular weight is 306 g/mol. The molecule has 0 saturated carbocycles. The van der Waals surface area contributed by atoms with Crippen LogP contribution in [0.1, 0.15) is 11.6 Å². The Morgan fingerprint density at radius 1 is 1.05 bits per heavy atom. The summed E-state index contributed by atoms with van der Waals surface area (Å²) in [6.45, 7) is -0.121. The molecule has 0 aliphatic carbocycles. The Morgan fingerprint density at radius 3 is 2.00 bits per heavy atom. The van der Waals surface area contributed by atoms with Gasteiger partial charge in [-0.2, -0.15) is 0 Å². The highest BCUT2D eigenvalue weighted by molar-refractivity contribution is 6.30. The Labute approximate surface area is 127 Å². The van der Waals surface area contributed by atoms with E-state index in [1.54, 1.807) is 48.5 Å². The number of nitrogens with two attached hydrogens (primary N) is 1. The van der Waals surface area contributed by atoms with Gasteiger partial charge in [0.25, 0.3) is 0 Å². The van der Waals surface area contributed by atoms with Gasteiger partial charge in [-0.1, -0.05) is 23.7 Å². The molecule has 5 nitrogen and oxygen atoms in total. The molecule has 2 amide bonds. The van der Waals surface area contributed by atoms with Crippen molar-refractivity contribution in [1.82, 2.24) is 0 Å². The van der Waals surface area contributed by atoms with Gasteiger partial charge in [0.05, 0.1) is 12.6 Å². The van der Waals surface area contributed by atoms with Crippen LogP contribution in [0.3, 0.4) is 0 Å². The van der Waals surface area contributed by atoms with Gasteiger partial charge >= 0.3 is 6.03 Å². The van der Waals surface area contributed by atoms with Crippen molar-refractivity contribution in [1.29, 1.82) is 0 Å². The van der Waals surface area contributed by atoms with Crippen molar-refractivity contribution in [3.8, 4) is 0 Å². The first-order valence-electron chi connectivity index (χ1n) is 6.38. The number of aliphatic hydroxyl groups is 1. The minimum absolute atomic E-state index is 0.121. The highest BCUT2D eigenvalue weighted by atomic mass is 35.5. The topological polar surface area (TPSA) is 87.4 Å². The fourth-order valence-electron chi connectivity index (χ4n) is 1.75. The monoisotopic (exact) mass is 305 g/mol. The highest BCUT2D eigenvalue weighted by Gasteiger charge is 2.06. The van der Waals surface area contributed by atoms with Gasteiger partial charge in [0.2, 0.25) is 0 Å². The Hall–Kier alpha value is -2.08. The van der Waals surface area contributed by atoms with Gasteiger partial charge in [-0.05, 0) is 42.0 Å². The van der Waals surface area contributed by atoms with Crippen LogP contribution in [-0.4, -0.2) is 17.7 Å². The molecule has 0 radical (unpaired) electrons. The standard InChI is InChI=1S/C15H16ClN3O2/c16-11-3-7-13(8-4-11)19-15(21)18-12-5-1-10(2-6-12)14(17)9-20/h1-8,14,20H,9,17H2,(H2,18,19,21)/t14-/m1/s1. The Kier molecular flexibility index (Phi) is 5.16. The molecule has 0 unspecified atom stereocenters. The number of amides is 2. The molecule has 2 aromatic carbocycles. The van der Waals surface area contributed by atoms with Crippen LogP contribution >= 0.6 is 11.6 Å². The number of hydrogen-bond acceptors (Lipinski definition) is 3. The third-order valence-corrected chi connectivity index (χ3v) is 3.15. The molecular weight excluding hydrogens is 290 g/mol. The molecule has 5 N–H and O–H groups in total. The maximum absolute atomic E-state index is 11.8. The van der Waals surface area contributed by atoms with E-state index in [9.17, 15) is 4.79 Å². The van der Waals surface area contributed by atoms with E-state index in [1.807, 2.05) is 0 Å². The minimum Gasteiger partial charge on any atom is -0.394 e. The third kappa shape index (κ3) is 4.46. The number of anilines is 2. The zero-order chi connectivity index (χ0) is 15.2. The second-order valence-corrected chi connectivity index (χ2v) is 4.93. The van der Waals surface area contributed by atoms with Crippen LogP contribution in [0.25, 0.3) is 0 Å². The van der Waals surface area contributed by atoms with Crippen LogP contribution in [-0.2, 0) is 0 Å². The van der Waals surface area contributed by atoms with Gasteiger partial charge in [-0.15, -0.1) is 0 Å². The quantitative estimate of drug-likeness (QED) is 0.700. The second kappa shape index (κ2) is 7.08. The number of carbonyl (C=O) groups is 1. The number of carbonyl (C=O) groups excluding carboxylic acids is 1. The summed E-state index contributed by atoms with van der Waals surface area (Å²) in [6.07, 6.45) is 0. The van der Waals surface area contributed by atoms with Gasteiger partial charge in [-0.25, -0.2) is 4.79 Å².